The van der Waals surface area contributed by atoms with Crippen molar-refractivity contribution in [2.45, 2.75) is 45.0 Å². The van der Waals surface area contributed by atoms with Crippen molar-refractivity contribution in [1.29, 1.82) is 0 Å². The van der Waals surface area contributed by atoms with Crippen LogP contribution >= 0.6 is 0 Å². The SMILES string of the molecule is Cc1cn[nH]c1CN1CCC(C(C)(O)C(F)(F)F)CC1. The zero-order valence-electron chi connectivity index (χ0n) is 11.7. The number of rotatable bonds is 3. The monoisotopic (exact) mass is 291 g/mol. The number of nitrogens with one attached hydrogen (secondary N) is 1. The van der Waals surface area contributed by atoms with E-state index in [-0.39, 0.29) is 0 Å². The minimum absolute atomic E-state index is 0.347. The average molecular weight is 291 g/mol. The smallest absolute Gasteiger partial charge is 0.380 e. The van der Waals surface area contributed by atoms with E-state index in [1.807, 2.05) is 6.92 Å². The Kier molecular flexibility index (Phi) is 4.11. The fourth-order valence-corrected chi connectivity index (χ4v) is 2.64. The number of aromatic nitrogens is 2. The summed E-state index contributed by atoms with van der Waals surface area (Å²) in [7, 11) is 0. The van der Waals surface area contributed by atoms with Crippen LogP contribution in [0.2, 0.25) is 0 Å². The van der Waals surface area contributed by atoms with Gasteiger partial charge in [-0.25, -0.2) is 0 Å². The number of hydrogen-bond donors (Lipinski definition) is 2. The Hall–Kier alpha value is -1.08. The number of halogens is 3. The van der Waals surface area contributed by atoms with Crippen LogP contribution in [0.4, 0.5) is 13.2 Å². The number of H-pyrrole nitrogens is 1. The van der Waals surface area contributed by atoms with Gasteiger partial charge in [0.25, 0.3) is 0 Å². The molecule has 20 heavy (non-hydrogen) atoms. The Morgan fingerprint density at radius 1 is 1.40 bits per heavy atom. The predicted molar refractivity (Wildman–Crippen MR) is 68.0 cm³/mol. The average Bonchev–Trinajstić information content (AvgIpc) is 2.74. The van der Waals surface area contributed by atoms with Crippen LogP contribution in [0.1, 0.15) is 31.0 Å². The zero-order chi connectivity index (χ0) is 15.0. The lowest BCUT2D eigenvalue weighted by Gasteiger charge is -2.40. The molecule has 0 aromatic carbocycles. The van der Waals surface area contributed by atoms with E-state index in [2.05, 4.69) is 15.1 Å². The summed E-state index contributed by atoms with van der Waals surface area (Å²) in [4.78, 5) is 2.09. The number of likely N-dealkylation sites (tertiary alicyclic amines) is 1. The van der Waals surface area contributed by atoms with Crippen LogP contribution in [0.25, 0.3) is 0 Å². The Morgan fingerprint density at radius 2 is 2.00 bits per heavy atom. The first-order valence-electron chi connectivity index (χ1n) is 6.72. The van der Waals surface area contributed by atoms with Gasteiger partial charge >= 0.3 is 6.18 Å². The van der Waals surface area contributed by atoms with Gasteiger partial charge in [0.15, 0.2) is 5.60 Å². The fraction of sp³-hybridized carbons (Fsp3) is 0.769. The van der Waals surface area contributed by atoms with Crippen molar-refractivity contribution in [2.75, 3.05) is 13.1 Å². The minimum atomic E-state index is -4.57. The van der Waals surface area contributed by atoms with Gasteiger partial charge in [-0.15, -0.1) is 0 Å². The second-order valence-corrected chi connectivity index (χ2v) is 5.73. The van der Waals surface area contributed by atoms with E-state index in [0.717, 1.165) is 18.2 Å². The predicted octanol–water partition coefficient (Wildman–Crippen LogP) is 2.24. The first kappa shape index (κ1) is 15.3. The normalized spacial score (nSPS) is 21.9. The summed E-state index contributed by atoms with van der Waals surface area (Å²) in [5.41, 5.74) is -0.552. The van der Waals surface area contributed by atoms with Gasteiger partial charge in [0, 0.05) is 6.54 Å². The van der Waals surface area contributed by atoms with Crippen LogP contribution in [-0.4, -0.2) is 45.1 Å². The van der Waals surface area contributed by atoms with E-state index in [9.17, 15) is 18.3 Å². The van der Waals surface area contributed by atoms with Gasteiger partial charge in [-0.3, -0.25) is 10.00 Å². The molecule has 1 aliphatic heterocycles. The molecule has 0 radical (unpaired) electrons. The molecule has 4 nitrogen and oxygen atoms in total. The minimum Gasteiger partial charge on any atom is -0.380 e. The Balaban J connectivity index is 1.91. The molecule has 7 heteroatoms. The number of nitrogens with zero attached hydrogens (tertiary/aromatic N) is 2. The number of aryl methyl sites for hydroxylation is 1. The van der Waals surface area contributed by atoms with Crippen molar-refractivity contribution in [3.05, 3.63) is 17.5 Å². The third-order valence-corrected chi connectivity index (χ3v) is 4.27. The van der Waals surface area contributed by atoms with Crippen LogP contribution < -0.4 is 0 Å². The summed E-state index contributed by atoms with van der Waals surface area (Å²) in [6.45, 7) is 4.59. The van der Waals surface area contributed by atoms with E-state index in [0.29, 0.717) is 32.5 Å². The first-order valence-corrected chi connectivity index (χ1v) is 6.72. The summed E-state index contributed by atoms with van der Waals surface area (Å²) in [6, 6.07) is 0. The largest absolute Gasteiger partial charge is 0.417 e. The number of piperidine rings is 1. The van der Waals surface area contributed by atoms with E-state index in [1.54, 1.807) is 6.20 Å². The summed E-state index contributed by atoms with van der Waals surface area (Å²) < 4.78 is 38.4. The maximum absolute atomic E-state index is 12.8. The summed E-state index contributed by atoms with van der Waals surface area (Å²) in [6.07, 6.45) is -2.14. The molecule has 1 atom stereocenters. The van der Waals surface area contributed by atoms with Gasteiger partial charge in [0.1, 0.15) is 0 Å². The molecule has 2 heterocycles. The Labute approximate surface area is 116 Å². The molecule has 1 aliphatic rings. The molecule has 0 spiro atoms. The van der Waals surface area contributed by atoms with Gasteiger partial charge in [-0.1, -0.05) is 0 Å². The van der Waals surface area contributed by atoms with Crippen molar-refractivity contribution in [3.63, 3.8) is 0 Å². The van der Waals surface area contributed by atoms with Crippen LogP contribution in [-0.2, 0) is 6.54 Å². The van der Waals surface area contributed by atoms with Crippen LogP contribution in [0.15, 0.2) is 6.20 Å². The molecular formula is C13H20F3N3O. The molecule has 0 saturated carbocycles. The van der Waals surface area contributed by atoms with E-state index >= 15 is 0 Å². The molecule has 1 aromatic heterocycles. The second-order valence-electron chi connectivity index (χ2n) is 5.73. The second kappa shape index (κ2) is 5.37. The summed E-state index contributed by atoms with van der Waals surface area (Å²) >= 11 is 0. The lowest BCUT2D eigenvalue weighted by Crippen LogP contribution is -2.52. The highest BCUT2D eigenvalue weighted by Gasteiger charge is 2.54. The van der Waals surface area contributed by atoms with Crippen LogP contribution in [0, 0.1) is 12.8 Å². The summed E-state index contributed by atoms with van der Waals surface area (Å²) in [5.74, 6) is -0.735. The van der Waals surface area contributed by atoms with Crippen molar-refractivity contribution < 1.29 is 18.3 Å². The lowest BCUT2D eigenvalue weighted by molar-refractivity contribution is -0.275. The molecule has 2 N–H and O–H groups in total. The first-order chi connectivity index (χ1) is 9.22. The topological polar surface area (TPSA) is 52.2 Å². The molecule has 2 rings (SSSR count). The van der Waals surface area contributed by atoms with Crippen LogP contribution in [0.3, 0.4) is 0 Å². The van der Waals surface area contributed by atoms with Crippen molar-refractivity contribution in [2.24, 2.45) is 5.92 Å². The standard InChI is InChI=1S/C13H20F3N3O/c1-9-7-17-18-11(9)8-19-5-3-10(4-6-19)12(2,20)13(14,15)16/h7,10,20H,3-6,8H2,1-2H3,(H,17,18). The highest BCUT2D eigenvalue weighted by molar-refractivity contribution is 5.13. The Morgan fingerprint density at radius 3 is 2.45 bits per heavy atom. The van der Waals surface area contributed by atoms with Gasteiger partial charge < -0.3 is 5.11 Å². The maximum Gasteiger partial charge on any atom is 0.417 e. The van der Waals surface area contributed by atoms with Gasteiger partial charge in [0.05, 0.1) is 11.9 Å². The molecule has 1 aromatic rings. The van der Waals surface area contributed by atoms with Gasteiger partial charge in [-0.2, -0.15) is 18.3 Å². The molecule has 0 amide bonds. The number of aliphatic hydroxyl groups is 1. The molecule has 0 bridgehead atoms. The van der Waals surface area contributed by atoms with Crippen molar-refractivity contribution >= 4 is 0 Å². The van der Waals surface area contributed by atoms with Crippen molar-refractivity contribution in [3.8, 4) is 0 Å². The maximum atomic E-state index is 12.8. The van der Waals surface area contributed by atoms with E-state index in [1.165, 1.54) is 0 Å². The molecule has 1 fully saturated rings. The number of hydrogen-bond acceptors (Lipinski definition) is 3. The molecule has 1 unspecified atom stereocenters. The molecular weight excluding hydrogens is 271 g/mol. The molecule has 114 valence electrons. The molecule has 0 aliphatic carbocycles. The van der Waals surface area contributed by atoms with Crippen LogP contribution in [0.5, 0.6) is 0 Å². The third kappa shape index (κ3) is 2.98. The lowest BCUT2D eigenvalue weighted by atomic mass is 9.81. The third-order valence-electron chi connectivity index (χ3n) is 4.27. The Bertz CT molecular complexity index is 448. The molecule has 1 saturated heterocycles. The fourth-order valence-electron chi connectivity index (χ4n) is 2.64. The summed E-state index contributed by atoms with van der Waals surface area (Å²) in [5, 5.41) is 16.5. The zero-order valence-corrected chi connectivity index (χ0v) is 11.7. The highest BCUT2D eigenvalue weighted by Crippen LogP contribution is 2.40. The van der Waals surface area contributed by atoms with E-state index in [4.69, 9.17) is 0 Å². The quantitative estimate of drug-likeness (QED) is 0.898. The van der Waals surface area contributed by atoms with Crippen molar-refractivity contribution in [1.82, 2.24) is 15.1 Å². The van der Waals surface area contributed by atoms with Gasteiger partial charge in [0.2, 0.25) is 0 Å². The number of aromatic amines is 1. The van der Waals surface area contributed by atoms with Gasteiger partial charge in [-0.05, 0) is 51.3 Å². The number of alkyl halides is 3. The van der Waals surface area contributed by atoms with E-state index < -0.39 is 17.7 Å². The highest BCUT2D eigenvalue weighted by atomic mass is 19.4.